The number of hydrogen-bond donors (Lipinski definition) is 2. The maximum absolute atomic E-state index is 9.63. The molecule has 0 unspecified atom stereocenters. The number of benzene rings is 2. The average Bonchev–Trinajstić information content (AvgIpc) is 2.61. The van der Waals surface area contributed by atoms with Gasteiger partial charge in [-0.05, 0) is 49.1 Å². The third-order valence-electron chi connectivity index (χ3n) is 4.39. The molecule has 130 valence electrons. The van der Waals surface area contributed by atoms with Gasteiger partial charge in [0.1, 0.15) is 0 Å². The van der Waals surface area contributed by atoms with Gasteiger partial charge in [0.2, 0.25) is 0 Å². The van der Waals surface area contributed by atoms with E-state index in [1.54, 1.807) is 12.1 Å². The summed E-state index contributed by atoms with van der Waals surface area (Å²) in [6.45, 7) is 5.37. The second-order valence-corrected chi connectivity index (χ2v) is 6.36. The molecule has 0 amide bonds. The van der Waals surface area contributed by atoms with Gasteiger partial charge in [0.05, 0.1) is 0 Å². The summed E-state index contributed by atoms with van der Waals surface area (Å²) in [5.74, 6) is -0.0862. The molecule has 0 spiro atoms. The van der Waals surface area contributed by atoms with Crippen molar-refractivity contribution in [3.63, 3.8) is 0 Å². The van der Waals surface area contributed by atoms with Gasteiger partial charge in [-0.3, -0.25) is 0 Å². The molecule has 0 aliphatic carbocycles. The van der Waals surface area contributed by atoms with Crippen LogP contribution in [-0.2, 0) is 12.8 Å². The number of rotatable bonds is 10. The summed E-state index contributed by atoms with van der Waals surface area (Å²) in [4.78, 5) is 2.51. The monoisotopic (exact) mass is 327 g/mol. The highest BCUT2D eigenvalue weighted by molar-refractivity contribution is 5.40. The number of aromatic hydroxyl groups is 2. The smallest absolute Gasteiger partial charge is 0.157 e. The van der Waals surface area contributed by atoms with Crippen molar-refractivity contribution in [2.75, 3.05) is 19.6 Å². The molecular weight excluding hydrogens is 298 g/mol. The third kappa shape index (κ3) is 6.25. The number of phenolic OH excluding ortho intramolecular Hbond substituents is 2. The topological polar surface area (TPSA) is 43.7 Å². The van der Waals surface area contributed by atoms with Crippen molar-refractivity contribution >= 4 is 0 Å². The van der Waals surface area contributed by atoms with Crippen LogP contribution in [0.1, 0.15) is 37.3 Å². The molecule has 24 heavy (non-hydrogen) atoms. The van der Waals surface area contributed by atoms with Crippen molar-refractivity contribution in [2.45, 2.75) is 39.0 Å². The van der Waals surface area contributed by atoms with Crippen molar-refractivity contribution in [2.24, 2.45) is 0 Å². The van der Waals surface area contributed by atoms with Crippen molar-refractivity contribution in [1.82, 2.24) is 4.90 Å². The van der Waals surface area contributed by atoms with E-state index in [1.165, 1.54) is 24.8 Å². The summed E-state index contributed by atoms with van der Waals surface area (Å²) in [6.07, 6.45) is 5.68. The van der Waals surface area contributed by atoms with Crippen LogP contribution in [-0.4, -0.2) is 34.7 Å². The van der Waals surface area contributed by atoms with E-state index in [2.05, 4.69) is 42.2 Å². The number of nitrogens with zero attached hydrogens (tertiary/aromatic N) is 1. The zero-order valence-corrected chi connectivity index (χ0v) is 14.6. The first-order valence-electron chi connectivity index (χ1n) is 8.96. The minimum atomic E-state index is -0.0531. The van der Waals surface area contributed by atoms with Crippen LogP contribution >= 0.6 is 0 Å². The van der Waals surface area contributed by atoms with E-state index in [9.17, 15) is 10.2 Å². The SMILES string of the molecule is CCCCCN(CCc1ccccc1)CCc1ccc(O)c(O)c1. The fraction of sp³-hybridized carbons (Fsp3) is 0.429. The summed E-state index contributed by atoms with van der Waals surface area (Å²) in [5.41, 5.74) is 2.44. The van der Waals surface area contributed by atoms with Crippen molar-refractivity contribution in [3.8, 4) is 11.5 Å². The van der Waals surface area contributed by atoms with Gasteiger partial charge in [0.25, 0.3) is 0 Å². The van der Waals surface area contributed by atoms with E-state index in [0.29, 0.717) is 0 Å². The zero-order valence-electron chi connectivity index (χ0n) is 14.6. The minimum absolute atomic E-state index is 0.0330. The van der Waals surface area contributed by atoms with Gasteiger partial charge < -0.3 is 15.1 Å². The van der Waals surface area contributed by atoms with Crippen LogP contribution < -0.4 is 0 Å². The first kappa shape index (κ1) is 18.3. The van der Waals surface area contributed by atoms with Crippen LogP contribution in [0, 0.1) is 0 Å². The Bertz CT molecular complexity index is 598. The van der Waals surface area contributed by atoms with Crippen LogP contribution in [0.15, 0.2) is 48.5 Å². The standard InChI is InChI=1S/C21H29NO2/c1-2-3-7-14-22(15-12-18-8-5-4-6-9-18)16-13-19-10-11-20(23)21(24)17-19/h4-6,8-11,17,23-24H,2-3,7,12-16H2,1H3. The molecule has 2 rings (SSSR count). The van der Waals surface area contributed by atoms with Crippen LogP contribution in [0.2, 0.25) is 0 Å². The lowest BCUT2D eigenvalue weighted by atomic mass is 10.1. The van der Waals surface area contributed by atoms with Gasteiger partial charge in [0, 0.05) is 13.1 Å². The Labute approximate surface area is 145 Å². The maximum atomic E-state index is 9.63. The average molecular weight is 327 g/mol. The van der Waals surface area contributed by atoms with Crippen LogP contribution in [0.25, 0.3) is 0 Å². The Morgan fingerprint density at radius 2 is 1.46 bits per heavy atom. The predicted molar refractivity (Wildman–Crippen MR) is 99.6 cm³/mol. The van der Waals surface area contributed by atoms with Gasteiger partial charge in [-0.1, -0.05) is 56.2 Å². The van der Waals surface area contributed by atoms with Crippen molar-refractivity contribution in [1.29, 1.82) is 0 Å². The highest BCUT2D eigenvalue weighted by Crippen LogP contribution is 2.25. The van der Waals surface area contributed by atoms with Gasteiger partial charge in [-0.15, -0.1) is 0 Å². The predicted octanol–water partition coefficient (Wildman–Crippen LogP) is 4.38. The third-order valence-corrected chi connectivity index (χ3v) is 4.39. The molecule has 3 nitrogen and oxygen atoms in total. The van der Waals surface area contributed by atoms with E-state index in [-0.39, 0.29) is 11.5 Å². The van der Waals surface area contributed by atoms with E-state index < -0.39 is 0 Å². The molecule has 0 bridgehead atoms. The summed E-state index contributed by atoms with van der Waals surface area (Å²) >= 11 is 0. The largest absolute Gasteiger partial charge is 0.504 e. The molecule has 0 aromatic heterocycles. The lowest BCUT2D eigenvalue weighted by Crippen LogP contribution is -2.29. The molecule has 2 aromatic rings. The van der Waals surface area contributed by atoms with E-state index in [0.717, 1.165) is 38.0 Å². The number of hydrogen-bond acceptors (Lipinski definition) is 3. The Morgan fingerprint density at radius 1 is 0.750 bits per heavy atom. The summed E-state index contributed by atoms with van der Waals surface area (Å²) in [7, 11) is 0. The molecule has 0 saturated carbocycles. The first-order chi connectivity index (χ1) is 11.7. The normalized spacial score (nSPS) is 11.1. The van der Waals surface area contributed by atoms with Crippen molar-refractivity contribution in [3.05, 3.63) is 59.7 Å². The number of phenols is 2. The second kappa shape index (κ2) is 9.99. The summed E-state index contributed by atoms with van der Waals surface area (Å²) in [6, 6.07) is 15.7. The van der Waals surface area contributed by atoms with Gasteiger partial charge in [0.15, 0.2) is 11.5 Å². The quantitative estimate of drug-likeness (QED) is 0.503. The lowest BCUT2D eigenvalue weighted by molar-refractivity contribution is 0.274. The molecule has 0 aliphatic heterocycles. The Morgan fingerprint density at radius 3 is 2.12 bits per heavy atom. The first-order valence-corrected chi connectivity index (χ1v) is 8.96. The van der Waals surface area contributed by atoms with Crippen molar-refractivity contribution < 1.29 is 10.2 Å². The van der Waals surface area contributed by atoms with Gasteiger partial charge >= 0.3 is 0 Å². The molecule has 0 saturated heterocycles. The number of unbranched alkanes of at least 4 members (excludes halogenated alkanes) is 2. The van der Waals surface area contributed by atoms with E-state index in [1.807, 2.05) is 6.07 Å². The van der Waals surface area contributed by atoms with E-state index in [4.69, 9.17) is 0 Å². The van der Waals surface area contributed by atoms with Crippen LogP contribution in [0.3, 0.4) is 0 Å². The Hall–Kier alpha value is -2.00. The van der Waals surface area contributed by atoms with Gasteiger partial charge in [-0.25, -0.2) is 0 Å². The molecule has 0 fully saturated rings. The van der Waals surface area contributed by atoms with Crippen LogP contribution in [0.4, 0.5) is 0 Å². The summed E-state index contributed by atoms with van der Waals surface area (Å²) < 4.78 is 0. The zero-order chi connectivity index (χ0) is 17.2. The summed E-state index contributed by atoms with van der Waals surface area (Å²) in [5, 5.41) is 19.0. The highest BCUT2D eigenvalue weighted by Gasteiger charge is 2.07. The van der Waals surface area contributed by atoms with Crippen LogP contribution in [0.5, 0.6) is 11.5 Å². The van der Waals surface area contributed by atoms with E-state index >= 15 is 0 Å². The Balaban J connectivity index is 1.88. The molecule has 2 N–H and O–H groups in total. The molecule has 0 aliphatic rings. The fourth-order valence-electron chi connectivity index (χ4n) is 2.86. The fourth-order valence-corrected chi connectivity index (χ4v) is 2.86. The Kier molecular flexibility index (Phi) is 7.63. The molecule has 0 atom stereocenters. The highest BCUT2D eigenvalue weighted by atomic mass is 16.3. The van der Waals surface area contributed by atoms with Gasteiger partial charge in [-0.2, -0.15) is 0 Å². The second-order valence-electron chi connectivity index (χ2n) is 6.36. The lowest BCUT2D eigenvalue weighted by Gasteiger charge is -2.22. The maximum Gasteiger partial charge on any atom is 0.157 e. The molecule has 0 radical (unpaired) electrons. The molecule has 0 heterocycles. The molecular formula is C21H29NO2. The molecule has 2 aromatic carbocycles. The molecule has 3 heteroatoms. The minimum Gasteiger partial charge on any atom is -0.504 e.